The molecule has 0 unspecified atom stereocenters. The molecule has 3 atom stereocenters. The Labute approximate surface area is 145 Å². The molecule has 2 saturated heterocycles. The number of hydrogen-bond acceptors (Lipinski definition) is 5. The lowest BCUT2D eigenvalue weighted by molar-refractivity contribution is 0.0199. The number of aliphatic imine (C=N–C) groups is 1. The lowest BCUT2D eigenvalue weighted by atomic mass is 10.1. The topological polar surface area (TPSA) is 73.3 Å². The average molecular weight is 343 g/mol. The highest BCUT2D eigenvalue weighted by molar-refractivity contribution is 5.80. The summed E-state index contributed by atoms with van der Waals surface area (Å²) in [6.45, 7) is 7.11. The lowest BCUT2D eigenvalue weighted by Crippen LogP contribution is -2.47. The number of nitrogens with one attached hydrogen (secondary N) is 2. The second kappa shape index (κ2) is 11.6. The summed E-state index contributed by atoms with van der Waals surface area (Å²) < 4.78 is 22.0. The molecule has 0 saturated carbocycles. The van der Waals surface area contributed by atoms with E-state index < -0.39 is 0 Å². The molecular formula is C17H33N3O4. The molecule has 0 amide bonds. The minimum atomic E-state index is 0.231. The first-order chi connectivity index (χ1) is 11.8. The zero-order chi connectivity index (χ0) is 17.0. The quantitative estimate of drug-likeness (QED) is 0.349. The van der Waals surface area contributed by atoms with Crippen LogP contribution in [-0.4, -0.2) is 77.4 Å². The Morgan fingerprint density at radius 3 is 2.75 bits per heavy atom. The third-order valence-electron chi connectivity index (χ3n) is 4.32. The van der Waals surface area contributed by atoms with Crippen LogP contribution < -0.4 is 10.6 Å². The summed E-state index contributed by atoms with van der Waals surface area (Å²) in [7, 11) is 1.69. The van der Waals surface area contributed by atoms with Crippen LogP contribution in [0, 0.1) is 0 Å². The van der Waals surface area contributed by atoms with E-state index in [0.717, 1.165) is 51.4 Å². The number of rotatable bonds is 10. The Balaban J connectivity index is 1.68. The van der Waals surface area contributed by atoms with Gasteiger partial charge in [0.2, 0.25) is 0 Å². The predicted molar refractivity (Wildman–Crippen MR) is 93.5 cm³/mol. The standard InChI is InChI=1S/C17H33N3O4/c1-14(16-6-4-10-24-16)20-17(18-7-11-21-2)19-8-12-22-13-15-5-3-9-23-15/h14-16H,3-13H2,1-2H3,(H2,18,19,20)/t14-,15+,16-/m1/s1. The molecule has 24 heavy (non-hydrogen) atoms. The van der Waals surface area contributed by atoms with Crippen LogP contribution >= 0.6 is 0 Å². The van der Waals surface area contributed by atoms with Gasteiger partial charge in [0.25, 0.3) is 0 Å². The fourth-order valence-corrected chi connectivity index (χ4v) is 2.94. The summed E-state index contributed by atoms with van der Waals surface area (Å²) >= 11 is 0. The fraction of sp³-hybridized carbons (Fsp3) is 0.941. The molecule has 0 aliphatic carbocycles. The monoisotopic (exact) mass is 343 g/mol. The maximum Gasteiger partial charge on any atom is 0.191 e. The predicted octanol–water partition coefficient (Wildman–Crippen LogP) is 0.931. The van der Waals surface area contributed by atoms with Crippen molar-refractivity contribution in [2.24, 2.45) is 4.99 Å². The van der Waals surface area contributed by atoms with Gasteiger partial charge >= 0.3 is 0 Å². The van der Waals surface area contributed by atoms with Gasteiger partial charge < -0.3 is 29.6 Å². The van der Waals surface area contributed by atoms with E-state index >= 15 is 0 Å². The van der Waals surface area contributed by atoms with Crippen molar-refractivity contribution in [3.8, 4) is 0 Å². The van der Waals surface area contributed by atoms with Gasteiger partial charge in [0.05, 0.1) is 44.6 Å². The third-order valence-corrected chi connectivity index (χ3v) is 4.32. The normalized spacial score (nSPS) is 25.8. The molecule has 2 fully saturated rings. The first-order valence-corrected chi connectivity index (χ1v) is 9.14. The summed E-state index contributed by atoms with van der Waals surface area (Å²) in [5.41, 5.74) is 0. The van der Waals surface area contributed by atoms with E-state index in [1.165, 1.54) is 0 Å². The van der Waals surface area contributed by atoms with Gasteiger partial charge in [-0.1, -0.05) is 0 Å². The maximum atomic E-state index is 5.73. The van der Waals surface area contributed by atoms with Gasteiger partial charge in [0.1, 0.15) is 0 Å². The molecular weight excluding hydrogens is 310 g/mol. The lowest BCUT2D eigenvalue weighted by Gasteiger charge is -2.22. The van der Waals surface area contributed by atoms with Crippen LogP contribution in [0.4, 0.5) is 0 Å². The van der Waals surface area contributed by atoms with E-state index in [1.807, 2.05) is 0 Å². The molecule has 0 aromatic rings. The van der Waals surface area contributed by atoms with Crippen LogP contribution in [0.25, 0.3) is 0 Å². The molecule has 0 spiro atoms. The summed E-state index contributed by atoms with van der Waals surface area (Å²) in [4.78, 5) is 4.59. The molecule has 2 N–H and O–H groups in total. The highest BCUT2D eigenvalue weighted by atomic mass is 16.5. The summed E-state index contributed by atoms with van der Waals surface area (Å²) in [5, 5.41) is 6.71. The second-order valence-corrected chi connectivity index (χ2v) is 6.34. The van der Waals surface area contributed by atoms with Gasteiger partial charge in [0, 0.05) is 26.9 Å². The Morgan fingerprint density at radius 1 is 1.21 bits per heavy atom. The fourth-order valence-electron chi connectivity index (χ4n) is 2.94. The van der Waals surface area contributed by atoms with E-state index in [9.17, 15) is 0 Å². The van der Waals surface area contributed by atoms with E-state index in [0.29, 0.717) is 26.4 Å². The van der Waals surface area contributed by atoms with Gasteiger partial charge in [-0.3, -0.25) is 4.99 Å². The molecule has 0 bridgehead atoms. The van der Waals surface area contributed by atoms with Gasteiger partial charge in [-0.15, -0.1) is 0 Å². The van der Waals surface area contributed by atoms with Gasteiger partial charge in [-0.05, 0) is 32.6 Å². The molecule has 7 heteroatoms. The molecule has 2 rings (SSSR count). The first kappa shape index (κ1) is 19.4. The van der Waals surface area contributed by atoms with Crippen molar-refractivity contribution in [3.05, 3.63) is 0 Å². The zero-order valence-electron chi connectivity index (χ0n) is 15.1. The number of guanidine groups is 1. The minimum absolute atomic E-state index is 0.231. The summed E-state index contributed by atoms with van der Waals surface area (Å²) in [6, 6.07) is 0.231. The summed E-state index contributed by atoms with van der Waals surface area (Å²) in [5.74, 6) is 0.788. The molecule has 140 valence electrons. The Kier molecular flexibility index (Phi) is 9.42. The van der Waals surface area contributed by atoms with Crippen molar-refractivity contribution in [1.29, 1.82) is 0 Å². The van der Waals surface area contributed by atoms with Crippen LogP contribution in [0.1, 0.15) is 32.6 Å². The van der Waals surface area contributed by atoms with Crippen LogP contribution in [0.2, 0.25) is 0 Å². The number of methoxy groups -OCH3 is 1. The number of nitrogens with zero attached hydrogens (tertiary/aromatic N) is 1. The summed E-state index contributed by atoms with van der Waals surface area (Å²) in [6.07, 6.45) is 5.01. The smallest absolute Gasteiger partial charge is 0.191 e. The maximum absolute atomic E-state index is 5.73. The Hall–Kier alpha value is -0.890. The van der Waals surface area contributed by atoms with Crippen LogP contribution in [-0.2, 0) is 18.9 Å². The molecule has 0 radical (unpaired) electrons. The average Bonchev–Trinajstić information content (AvgIpc) is 3.28. The molecule has 2 heterocycles. The van der Waals surface area contributed by atoms with Crippen molar-refractivity contribution >= 4 is 5.96 Å². The van der Waals surface area contributed by atoms with E-state index in [2.05, 4.69) is 22.5 Å². The number of ether oxygens (including phenoxy) is 4. The van der Waals surface area contributed by atoms with Crippen molar-refractivity contribution in [2.45, 2.75) is 50.9 Å². The van der Waals surface area contributed by atoms with Crippen molar-refractivity contribution in [1.82, 2.24) is 10.6 Å². The molecule has 0 aromatic carbocycles. The van der Waals surface area contributed by atoms with E-state index in [-0.39, 0.29) is 18.2 Å². The minimum Gasteiger partial charge on any atom is -0.383 e. The highest BCUT2D eigenvalue weighted by Crippen LogP contribution is 2.15. The Bertz CT molecular complexity index is 356. The largest absolute Gasteiger partial charge is 0.383 e. The molecule has 7 nitrogen and oxygen atoms in total. The van der Waals surface area contributed by atoms with Crippen LogP contribution in [0.5, 0.6) is 0 Å². The van der Waals surface area contributed by atoms with Crippen LogP contribution in [0.15, 0.2) is 4.99 Å². The molecule has 0 aromatic heterocycles. The third kappa shape index (κ3) is 7.34. The van der Waals surface area contributed by atoms with Crippen molar-refractivity contribution in [3.63, 3.8) is 0 Å². The van der Waals surface area contributed by atoms with E-state index in [4.69, 9.17) is 18.9 Å². The van der Waals surface area contributed by atoms with Crippen LogP contribution in [0.3, 0.4) is 0 Å². The molecule has 2 aliphatic rings. The Morgan fingerprint density at radius 2 is 2.04 bits per heavy atom. The zero-order valence-corrected chi connectivity index (χ0v) is 15.1. The van der Waals surface area contributed by atoms with Crippen molar-refractivity contribution in [2.75, 3.05) is 53.2 Å². The highest BCUT2D eigenvalue weighted by Gasteiger charge is 2.23. The van der Waals surface area contributed by atoms with Gasteiger partial charge in [-0.25, -0.2) is 0 Å². The van der Waals surface area contributed by atoms with E-state index in [1.54, 1.807) is 7.11 Å². The van der Waals surface area contributed by atoms with Gasteiger partial charge in [-0.2, -0.15) is 0 Å². The SMILES string of the molecule is COCCNC(=NCCOC[C@@H]1CCCO1)N[C@H](C)[C@H]1CCCO1. The van der Waals surface area contributed by atoms with Crippen molar-refractivity contribution < 1.29 is 18.9 Å². The second-order valence-electron chi connectivity index (χ2n) is 6.34. The van der Waals surface area contributed by atoms with Gasteiger partial charge in [0.15, 0.2) is 5.96 Å². The number of hydrogen-bond donors (Lipinski definition) is 2. The first-order valence-electron chi connectivity index (χ1n) is 9.14. The molecule has 2 aliphatic heterocycles.